The van der Waals surface area contributed by atoms with Crippen LogP contribution in [-0.4, -0.2) is 70.4 Å². The van der Waals surface area contributed by atoms with Gasteiger partial charge in [0, 0.05) is 48.0 Å². The van der Waals surface area contributed by atoms with Crippen molar-refractivity contribution in [2.45, 2.75) is 162 Å². The molecule has 328 valence electrons. The summed E-state index contributed by atoms with van der Waals surface area (Å²) in [6, 6.07) is 13.8. The number of nitrogens with two attached hydrogens (primary N) is 1. The standard InChI is InChI=1S/C51H73N3O6/c1-28(18-40(57)46-51(8,60-46)37-15-11-14-35(37)31-12-10-13-33(52)21-31)43-38-16-17-42-48(5)23-36(32-19-30(27-53-9)20-34(56)22-32)45(59)47(3,4)44(48)39(54-26-29(2)55)24-50(42,7)49(38,6)25-41(43)58/h10,12-13,19-22,28-29,35-37,39-40,42,44,46,53-57H,11,14-18,23-27,52H2,1-9H3. The number of ether oxygens (including phenoxy) is 1. The number of rotatable bonds is 12. The average molecular weight is 824 g/mol. The summed E-state index contributed by atoms with van der Waals surface area (Å²) >= 11 is 0. The summed E-state index contributed by atoms with van der Waals surface area (Å²) in [4.78, 5) is 29.4. The van der Waals surface area contributed by atoms with E-state index in [2.05, 4.69) is 77.3 Å². The molecule has 0 amide bonds. The number of Topliss-reactive ketones (excluding diaryl/α,β-unsaturated/α-hetero) is 2. The molecule has 5 aliphatic carbocycles. The van der Waals surface area contributed by atoms with E-state index in [1.807, 2.05) is 19.2 Å². The van der Waals surface area contributed by atoms with Crippen LogP contribution in [0.15, 0.2) is 53.6 Å². The van der Waals surface area contributed by atoms with Crippen molar-refractivity contribution >= 4 is 17.3 Å². The maximum absolute atomic E-state index is 14.8. The molecule has 9 heteroatoms. The number of hydrogen-bond donors (Lipinski definition) is 6. The average Bonchev–Trinajstić information content (AvgIpc) is 3.47. The first-order valence-corrected chi connectivity index (χ1v) is 23.1. The molecule has 0 aromatic heterocycles. The van der Waals surface area contributed by atoms with Crippen molar-refractivity contribution in [3.8, 4) is 5.75 Å². The highest BCUT2D eigenvalue weighted by molar-refractivity contribution is 6.00. The van der Waals surface area contributed by atoms with Gasteiger partial charge in [0.1, 0.15) is 17.6 Å². The number of fused-ring (bicyclic) bond motifs is 5. The van der Waals surface area contributed by atoms with Gasteiger partial charge in [0.05, 0.1) is 17.8 Å². The number of phenols is 1. The molecule has 2 aromatic carbocycles. The van der Waals surface area contributed by atoms with Gasteiger partial charge in [0.2, 0.25) is 0 Å². The lowest BCUT2D eigenvalue weighted by Crippen LogP contribution is -2.69. The number of nitrogen functional groups attached to an aromatic ring is 1. The Labute approximate surface area is 358 Å². The number of carbonyl (C=O) groups is 2. The van der Waals surface area contributed by atoms with E-state index >= 15 is 0 Å². The van der Waals surface area contributed by atoms with Crippen LogP contribution in [0, 0.1) is 45.3 Å². The fourth-order valence-corrected chi connectivity index (χ4v) is 15.3. The molecule has 0 bridgehead atoms. The Balaban J connectivity index is 1.09. The number of anilines is 1. The highest BCUT2D eigenvalue weighted by Crippen LogP contribution is 2.75. The van der Waals surface area contributed by atoms with Gasteiger partial charge in [-0.1, -0.05) is 71.7 Å². The van der Waals surface area contributed by atoms with E-state index < -0.39 is 28.6 Å². The molecule has 14 atom stereocenters. The lowest BCUT2D eigenvalue weighted by molar-refractivity contribution is -0.193. The first-order chi connectivity index (χ1) is 28.2. The van der Waals surface area contributed by atoms with Gasteiger partial charge in [-0.15, -0.1) is 0 Å². The number of aliphatic hydroxyl groups is 2. The highest BCUT2D eigenvalue weighted by atomic mass is 16.6. The van der Waals surface area contributed by atoms with E-state index in [4.69, 9.17) is 10.5 Å². The number of nitrogens with one attached hydrogen (secondary N) is 2. The molecule has 9 nitrogen and oxygen atoms in total. The topological polar surface area (TPSA) is 157 Å². The molecule has 1 saturated heterocycles. The monoisotopic (exact) mass is 824 g/mol. The second kappa shape index (κ2) is 15.3. The van der Waals surface area contributed by atoms with Gasteiger partial charge in [-0.2, -0.15) is 0 Å². The smallest absolute Gasteiger partial charge is 0.159 e. The summed E-state index contributed by atoms with van der Waals surface area (Å²) in [6.07, 6.45) is 5.91. The molecular weight excluding hydrogens is 751 g/mol. The quantitative estimate of drug-likeness (QED) is 0.0924. The number of aromatic hydroxyl groups is 1. The predicted octanol–water partition coefficient (Wildman–Crippen LogP) is 7.96. The van der Waals surface area contributed by atoms with Crippen molar-refractivity contribution in [2.24, 2.45) is 45.3 Å². The summed E-state index contributed by atoms with van der Waals surface area (Å²) < 4.78 is 6.49. The minimum Gasteiger partial charge on any atom is -0.508 e. The number of ketones is 2. The first-order valence-electron chi connectivity index (χ1n) is 23.1. The maximum Gasteiger partial charge on any atom is 0.159 e. The van der Waals surface area contributed by atoms with Crippen LogP contribution >= 0.6 is 0 Å². The second-order valence-corrected chi connectivity index (χ2v) is 21.9. The number of carbonyl (C=O) groups excluding carboxylic acids is 2. The van der Waals surface area contributed by atoms with E-state index in [1.54, 1.807) is 19.1 Å². The molecule has 2 aromatic rings. The van der Waals surface area contributed by atoms with Crippen molar-refractivity contribution in [3.05, 3.63) is 70.3 Å². The molecule has 8 rings (SSSR count). The number of aliphatic hydroxyl groups excluding tert-OH is 2. The van der Waals surface area contributed by atoms with E-state index in [9.17, 15) is 24.9 Å². The summed E-state index contributed by atoms with van der Waals surface area (Å²) in [5.41, 5.74) is 10.2. The Morgan fingerprint density at radius 3 is 2.40 bits per heavy atom. The van der Waals surface area contributed by atoms with Crippen molar-refractivity contribution in [1.82, 2.24) is 10.6 Å². The minimum absolute atomic E-state index is 0.00556. The Hall–Kier alpha value is -3.08. The number of hydrogen-bond acceptors (Lipinski definition) is 9. The van der Waals surface area contributed by atoms with Crippen LogP contribution in [0.25, 0.3) is 0 Å². The normalized spacial score (nSPS) is 39.8. The van der Waals surface area contributed by atoms with Gasteiger partial charge in [0.25, 0.3) is 0 Å². The van der Waals surface area contributed by atoms with Crippen LogP contribution in [0.2, 0.25) is 0 Å². The van der Waals surface area contributed by atoms with Crippen LogP contribution in [0.5, 0.6) is 5.75 Å². The second-order valence-electron chi connectivity index (χ2n) is 21.9. The lowest BCUT2D eigenvalue weighted by Gasteiger charge is -2.70. The van der Waals surface area contributed by atoms with Crippen molar-refractivity contribution in [2.75, 3.05) is 19.3 Å². The molecule has 4 saturated carbocycles. The molecule has 5 fully saturated rings. The van der Waals surface area contributed by atoms with Gasteiger partial charge in [-0.3, -0.25) is 9.59 Å². The molecule has 0 spiro atoms. The predicted molar refractivity (Wildman–Crippen MR) is 236 cm³/mol. The van der Waals surface area contributed by atoms with Crippen LogP contribution < -0.4 is 16.4 Å². The third-order valence-electron chi connectivity index (χ3n) is 17.8. The zero-order valence-electron chi connectivity index (χ0n) is 37.7. The maximum atomic E-state index is 14.8. The zero-order valence-corrected chi connectivity index (χ0v) is 37.7. The largest absolute Gasteiger partial charge is 0.508 e. The van der Waals surface area contributed by atoms with Crippen molar-refractivity contribution in [1.29, 1.82) is 0 Å². The number of benzene rings is 2. The van der Waals surface area contributed by atoms with Gasteiger partial charge in [-0.05, 0) is 153 Å². The number of phenolic OH excluding ortho intramolecular Hbond substituents is 1. The van der Waals surface area contributed by atoms with E-state index in [0.29, 0.717) is 44.2 Å². The van der Waals surface area contributed by atoms with E-state index in [0.717, 1.165) is 60.9 Å². The molecule has 0 radical (unpaired) electrons. The Morgan fingerprint density at radius 1 is 0.950 bits per heavy atom. The van der Waals surface area contributed by atoms with Crippen LogP contribution in [0.4, 0.5) is 5.69 Å². The molecule has 6 aliphatic rings. The molecular formula is C51H73N3O6. The van der Waals surface area contributed by atoms with Gasteiger partial charge in [0.15, 0.2) is 5.78 Å². The molecule has 1 heterocycles. The summed E-state index contributed by atoms with van der Waals surface area (Å²) in [6.45, 7) is 18.6. The first kappa shape index (κ1) is 43.6. The molecule has 1 aliphatic heterocycles. The van der Waals surface area contributed by atoms with Crippen molar-refractivity contribution in [3.63, 3.8) is 0 Å². The molecule has 60 heavy (non-hydrogen) atoms. The summed E-state index contributed by atoms with van der Waals surface area (Å²) in [5.74, 6) is 0.980. The number of allylic oxidation sites excluding steroid dienone is 2. The highest BCUT2D eigenvalue weighted by Gasteiger charge is 2.71. The van der Waals surface area contributed by atoms with Gasteiger partial charge < -0.3 is 36.4 Å². The lowest BCUT2D eigenvalue weighted by atomic mass is 9.34. The SMILES string of the molecule is CNCc1cc(O)cc(C2CC3(C)C(C(NCC(C)O)CC4(C)C3CCC3=C(C(C)CC(O)C5OC5(C)C5CCCC5c5cccc(N)c5)C(=O)CC34C)C(C)(C)C2=O)c1. The molecule has 14 unspecified atom stereocenters. The Kier molecular flexibility index (Phi) is 11.1. The van der Waals surface area contributed by atoms with Gasteiger partial charge in [-0.25, -0.2) is 0 Å². The van der Waals surface area contributed by atoms with Crippen LogP contribution in [0.1, 0.15) is 142 Å². The Bertz CT molecular complexity index is 2050. The minimum atomic E-state index is -0.686. The number of epoxide rings is 1. The fourth-order valence-electron chi connectivity index (χ4n) is 15.3. The van der Waals surface area contributed by atoms with Gasteiger partial charge >= 0.3 is 0 Å². The third kappa shape index (κ3) is 6.83. The molecule has 7 N–H and O–H groups in total. The zero-order chi connectivity index (χ0) is 43.3. The summed E-state index contributed by atoms with van der Waals surface area (Å²) in [7, 11) is 1.88. The van der Waals surface area contributed by atoms with Crippen LogP contribution in [-0.2, 0) is 20.9 Å². The van der Waals surface area contributed by atoms with E-state index in [1.165, 1.54) is 11.1 Å². The van der Waals surface area contributed by atoms with Crippen molar-refractivity contribution < 1.29 is 29.6 Å². The van der Waals surface area contributed by atoms with Crippen LogP contribution in [0.3, 0.4) is 0 Å². The Morgan fingerprint density at radius 2 is 1.70 bits per heavy atom. The third-order valence-corrected chi connectivity index (χ3v) is 17.8. The van der Waals surface area contributed by atoms with E-state index in [-0.39, 0.29) is 64.0 Å². The summed E-state index contributed by atoms with van der Waals surface area (Å²) in [5, 5.41) is 40.4. The fraction of sp³-hybridized carbons (Fsp3) is 0.686.